The molecular weight excluding hydrogens is 557 g/mol. The van der Waals surface area contributed by atoms with Gasteiger partial charge in [0.2, 0.25) is 5.91 Å². The molecule has 0 heterocycles. The van der Waals surface area contributed by atoms with Crippen molar-refractivity contribution in [3.63, 3.8) is 0 Å². The lowest BCUT2D eigenvalue weighted by Crippen LogP contribution is -2.53. The van der Waals surface area contributed by atoms with E-state index >= 15 is 0 Å². The molecule has 2 aromatic rings. The number of hydrogen-bond donors (Lipinski definition) is 4. The van der Waals surface area contributed by atoms with E-state index in [-0.39, 0.29) is 17.8 Å². The van der Waals surface area contributed by atoms with Crippen LogP contribution in [0.1, 0.15) is 67.9 Å². The summed E-state index contributed by atoms with van der Waals surface area (Å²) in [7, 11) is 0. The summed E-state index contributed by atoms with van der Waals surface area (Å²) in [5.41, 5.74) is -1.42. The molecule has 3 rings (SSSR count). The fourth-order valence-electron chi connectivity index (χ4n) is 4.48. The maximum atomic E-state index is 13.3. The predicted octanol–water partition coefficient (Wildman–Crippen LogP) is 5.72. The Balaban J connectivity index is 1.62. The first-order chi connectivity index (χ1) is 19.2. The van der Waals surface area contributed by atoms with Crippen LogP contribution in [0.2, 0.25) is 0 Å². The Morgan fingerprint density at radius 3 is 2.24 bits per heavy atom. The summed E-state index contributed by atoms with van der Waals surface area (Å²) < 4.78 is 45.2. The van der Waals surface area contributed by atoms with Gasteiger partial charge in [-0.1, -0.05) is 25.0 Å². The first kappa shape index (κ1) is 32.3. The van der Waals surface area contributed by atoms with Crippen LogP contribution in [-0.4, -0.2) is 48.4 Å². The molecule has 3 amide bonds. The van der Waals surface area contributed by atoms with Gasteiger partial charge in [0.1, 0.15) is 5.60 Å². The Morgan fingerprint density at radius 1 is 0.976 bits per heavy atom. The van der Waals surface area contributed by atoms with Gasteiger partial charge in [-0.05, 0) is 75.8 Å². The highest BCUT2D eigenvalue weighted by Crippen LogP contribution is 2.32. The van der Waals surface area contributed by atoms with Crippen LogP contribution in [0.25, 0.3) is 0 Å². The molecule has 4 N–H and O–H groups in total. The molecule has 1 saturated carbocycles. The highest BCUT2D eigenvalue weighted by molar-refractivity contribution is 7.98. The van der Waals surface area contributed by atoms with Crippen LogP contribution in [-0.2, 0) is 22.3 Å². The Labute approximate surface area is 242 Å². The molecule has 0 bridgehead atoms. The summed E-state index contributed by atoms with van der Waals surface area (Å²) in [6.45, 7) is 5.08. The molecule has 41 heavy (non-hydrogen) atoms. The summed E-state index contributed by atoms with van der Waals surface area (Å²) in [6, 6.07) is 10.5. The number of halogens is 3. The fraction of sp³-hybridized carbons (Fsp3) is 0.483. The number of thioether (sulfide) groups is 1. The fourth-order valence-corrected chi connectivity index (χ4v) is 4.89. The standard InChI is InChI=1S/C29H37F3N4O4S/c1-28(2,3)40-27(39)36-22-14-11-19(29(30,31)32)15-21(22)26(38)34-17-25(37)35-24-8-6-5-7-23(24)33-16-18-9-12-20(41-4)13-10-18/h9-15,23-24,33H,5-8,16-17H2,1-4H3,(H,34,38)(H,35,37)(H,36,39)/t23-,24+/m1/s1. The Morgan fingerprint density at radius 2 is 1.63 bits per heavy atom. The molecule has 2 atom stereocenters. The van der Waals surface area contributed by atoms with Gasteiger partial charge in [-0.15, -0.1) is 11.8 Å². The minimum absolute atomic E-state index is 0.0386. The van der Waals surface area contributed by atoms with E-state index in [9.17, 15) is 27.6 Å². The number of ether oxygens (including phenoxy) is 1. The second kappa shape index (κ2) is 14.1. The van der Waals surface area contributed by atoms with Crippen molar-refractivity contribution >= 4 is 35.4 Å². The number of carbonyl (C=O) groups excluding carboxylic acids is 3. The number of anilines is 1. The van der Waals surface area contributed by atoms with Crippen LogP contribution in [0.4, 0.5) is 23.7 Å². The van der Waals surface area contributed by atoms with E-state index < -0.39 is 47.4 Å². The summed E-state index contributed by atoms with van der Waals surface area (Å²) in [5.74, 6) is -1.40. The molecule has 2 aromatic carbocycles. The molecule has 12 heteroatoms. The average Bonchev–Trinajstić information content (AvgIpc) is 2.90. The van der Waals surface area contributed by atoms with Gasteiger partial charge in [0.15, 0.2) is 0 Å². The third kappa shape index (κ3) is 10.3. The zero-order chi connectivity index (χ0) is 30.2. The van der Waals surface area contributed by atoms with Crippen molar-refractivity contribution in [2.75, 3.05) is 18.1 Å². The number of nitrogens with one attached hydrogen (secondary N) is 4. The molecule has 0 spiro atoms. The molecule has 0 radical (unpaired) electrons. The van der Waals surface area contributed by atoms with E-state index in [0.29, 0.717) is 12.6 Å². The highest BCUT2D eigenvalue weighted by atomic mass is 32.2. The molecule has 0 aliphatic heterocycles. The van der Waals surface area contributed by atoms with Crippen molar-refractivity contribution in [2.45, 2.75) is 81.8 Å². The lowest BCUT2D eigenvalue weighted by Gasteiger charge is -2.33. The molecule has 1 aliphatic rings. The number of rotatable bonds is 9. The second-order valence-corrected chi connectivity index (χ2v) is 11.7. The topological polar surface area (TPSA) is 109 Å². The van der Waals surface area contributed by atoms with Gasteiger partial charge in [-0.3, -0.25) is 14.9 Å². The summed E-state index contributed by atoms with van der Waals surface area (Å²) >= 11 is 1.67. The quantitative estimate of drug-likeness (QED) is 0.277. The minimum Gasteiger partial charge on any atom is -0.444 e. The first-order valence-electron chi connectivity index (χ1n) is 13.4. The van der Waals surface area contributed by atoms with Gasteiger partial charge in [0.05, 0.1) is 23.4 Å². The van der Waals surface area contributed by atoms with Crippen molar-refractivity contribution in [1.82, 2.24) is 16.0 Å². The van der Waals surface area contributed by atoms with E-state index in [2.05, 4.69) is 45.5 Å². The maximum Gasteiger partial charge on any atom is 0.416 e. The number of alkyl halides is 3. The molecule has 0 unspecified atom stereocenters. The van der Waals surface area contributed by atoms with E-state index in [0.717, 1.165) is 43.4 Å². The monoisotopic (exact) mass is 594 g/mol. The van der Waals surface area contributed by atoms with Crippen LogP contribution in [0.5, 0.6) is 0 Å². The average molecular weight is 595 g/mol. The normalized spacial score (nSPS) is 17.4. The largest absolute Gasteiger partial charge is 0.444 e. The molecule has 8 nitrogen and oxygen atoms in total. The molecule has 0 aromatic heterocycles. The smallest absolute Gasteiger partial charge is 0.416 e. The number of hydrogen-bond acceptors (Lipinski definition) is 6. The van der Waals surface area contributed by atoms with Gasteiger partial charge in [0, 0.05) is 23.5 Å². The van der Waals surface area contributed by atoms with Crippen molar-refractivity contribution < 1.29 is 32.3 Å². The lowest BCUT2D eigenvalue weighted by molar-refractivity contribution is -0.137. The second-order valence-electron chi connectivity index (χ2n) is 10.9. The van der Waals surface area contributed by atoms with Crippen LogP contribution in [0.15, 0.2) is 47.4 Å². The minimum atomic E-state index is -4.71. The van der Waals surface area contributed by atoms with Gasteiger partial charge in [0.25, 0.3) is 5.91 Å². The molecular formula is C29H37F3N4O4S. The van der Waals surface area contributed by atoms with E-state index in [1.165, 1.54) is 4.90 Å². The Kier molecular flexibility index (Phi) is 11.1. The summed E-state index contributed by atoms with van der Waals surface area (Å²) in [6.07, 6.45) is -0.0110. The lowest BCUT2D eigenvalue weighted by atomic mass is 9.90. The van der Waals surface area contributed by atoms with Gasteiger partial charge >= 0.3 is 12.3 Å². The zero-order valence-corrected chi connectivity index (χ0v) is 24.4. The van der Waals surface area contributed by atoms with Crippen LogP contribution in [0, 0.1) is 0 Å². The molecule has 0 saturated heterocycles. The summed E-state index contributed by atoms with van der Waals surface area (Å²) in [5, 5.41) is 11.2. The first-order valence-corrected chi connectivity index (χ1v) is 14.6. The number of benzene rings is 2. The van der Waals surface area contributed by atoms with Crippen molar-refractivity contribution in [1.29, 1.82) is 0 Å². The van der Waals surface area contributed by atoms with Gasteiger partial charge < -0.3 is 20.7 Å². The van der Waals surface area contributed by atoms with E-state index in [1.54, 1.807) is 32.5 Å². The van der Waals surface area contributed by atoms with Crippen LogP contribution >= 0.6 is 11.8 Å². The van der Waals surface area contributed by atoms with Crippen molar-refractivity contribution in [2.24, 2.45) is 0 Å². The third-order valence-electron chi connectivity index (χ3n) is 6.48. The zero-order valence-electron chi connectivity index (χ0n) is 23.6. The third-order valence-corrected chi connectivity index (χ3v) is 7.22. The van der Waals surface area contributed by atoms with E-state index in [1.807, 2.05) is 6.26 Å². The maximum absolute atomic E-state index is 13.3. The molecule has 224 valence electrons. The van der Waals surface area contributed by atoms with Crippen LogP contribution in [0.3, 0.4) is 0 Å². The van der Waals surface area contributed by atoms with Crippen molar-refractivity contribution in [3.8, 4) is 0 Å². The predicted molar refractivity (Wildman–Crippen MR) is 153 cm³/mol. The van der Waals surface area contributed by atoms with Gasteiger partial charge in [-0.25, -0.2) is 4.79 Å². The molecule has 1 aliphatic carbocycles. The number of carbonyl (C=O) groups is 3. The highest BCUT2D eigenvalue weighted by Gasteiger charge is 2.32. The Bertz CT molecular complexity index is 1220. The molecule has 1 fully saturated rings. The number of amides is 3. The van der Waals surface area contributed by atoms with Gasteiger partial charge in [-0.2, -0.15) is 13.2 Å². The SMILES string of the molecule is CSc1ccc(CN[C@@H]2CCCC[C@@H]2NC(=O)CNC(=O)c2cc(C(F)(F)F)ccc2NC(=O)OC(C)(C)C)cc1. The Hall–Kier alpha value is -3.25. The van der Waals surface area contributed by atoms with Crippen LogP contribution < -0.4 is 21.3 Å². The van der Waals surface area contributed by atoms with Crippen molar-refractivity contribution in [3.05, 3.63) is 59.2 Å². The summed E-state index contributed by atoms with van der Waals surface area (Å²) in [4.78, 5) is 39.1. The van der Waals surface area contributed by atoms with E-state index in [4.69, 9.17) is 4.74 Å².